The van der Waals surface area contributed by atoms with E-state index in [1.807, 2.05) is 17.0 Å². The summed E-state index contributed by atoms with van der Waals surface area (Å²) in [5.74, 6) is 0.316. The van der Waals surface area contributed by atoms with Gasteiger partial charge in [0.05, 0.1) is 18.8 Å². The Morgan fingerprint density at radius 2 is 2.17 bits per heavy atom. The molecule has 2 fully saturated rings. The van der Waals surface area contributed by atoms with E-state index in [9.17, 15) is 9.59 Å². The largest absolute Gasteiger partial charge is 0.368 e. The van der Waals surface area contributed by atoms with E-state index in [0.29, 0.717) is 25.2 Å². The maximum atomic E-state index is 12.4. The maximum Gasteiger partial charge on any atom is 0.240 e. The van der Waals surface area contributed by atoms with Crippen LogP contribution in [0, 0.1) is 11.3 Å². The van der Waals surface area contributed by atoms with Crippen LogP contribution in [-0.2, 0) is 9.59 Å². The first-order valence-corrected chi connectivity index (χ1v) is 8.00. The molecule has 2 N–H and O–H groups in total. The number of aromatic nitrogens is 1. The van der Waals surface area contributed by atoms with Gasteiger partial charge in [-0.1, -0.05) is 0 Å². The molecule has 2 aliphatic rings. The number of carbonyl (C=O) groups is 2. The van der Waals surface area contributed by atoms with Gasteiger partial charge < -0.3 is 15.5 Å². The number of anilines is 1. The zero-order valence-corrected chi connectivity index (χ0v) is 13.4. The highest BCUT2D eigenvalue weighted by Crippen LogP contribution is 2.19. The number of hydrogen-bond acceptors (Lipinski definition) is 6. The third kappa shape index (κ3) is 3.31. The Bertz CT molecular complexity index is 668. The van der Waals surface area contributed by atoms with Gasteiger partial charge >= 0.3 is 0 Å². The summed E-state index contributed by atoms with van der Waals surface area (Å²) in [5.41, 5.74) is 5.89. The van der Waals surface area contributed by atoms with Gasteiger partial charge in [-0.3, -0.25) is 14.5 Å². The second kappa shape index (κ2) is 6.84. The topological polar surface area (TPSA) is 107 Å². The first kappa shape index (κ1) is 16.2. The van der Waals surface area contributed by atoms with Crippen LogP contribution in [0.1, 0.15) is 18.4 Å². The summed E-state index contributed by atoms with van der Waals surface area (Å²) < 4.78 is 0. The minimum Gasteiger partial charge on any atom is -0.368 e. The van der Waals surface area contributed by atoms with Crippen LogP contribution in [0.2, 0.25) is 0 Å². The molecule has 0 bridgehead atoms. The van der Waals surface area contributed by atoms with Crippen molar-refractivity contribution in [3.63, 3.8) is 0 Å². The molecule has 1 aromatic rings. The van der Waals surface area contributed by atoms with Crippen LogP contribution in [0.4, 0.5) is 5.82 Å². The lowest BCUT2D eigenvalue weighted by molar-refractivity contribution is -0.138. The molecule has 8 nitrogen and oxygen atoms in total. The minimum absolute atomic E-state index is 0.0501. The van der Waals surface area contributed by atoms with Crippen molar-refractivity contribution in [1.82, 2.24) is 14.8 Å². The smallest absolute Gasteiger partial charge is 0.240 e. The van der Waals surface area contributed by atoms with E-state index in [1.165, 1.54) is 0 Å². The number of nitriles is 1. The SMILES string of the molecule is N#Cc1ccc(N2CCN(CC(=O)N3CCC[C@H]3C(N)=O)C2)nc1. The fourth-order valence-electron chi connectivity index (χ4n) is 3.24. The summed E-state index contributed by atoms with van der Waals surface area (Å²) in [7, 11) is 0. The van der Waals surface area contributed by atoms with Gasteiger partial charge in [0.25, 0.3) is 0 Å². The summed E-state index contributed by atoms with van der Waals surface area (Å²) in [5, 5.41) is 8.81. The van der Waals surface area contributed by atoms with Gasteiger partial charge in [-0.25, -0.2) is 4.98 Å². The Hall–Kier alpha value is -2.66. The van der Waals surface area contributed by atoms with Gasteiger partial charge in [-0.15, -0.1) is 0 Å². The number of amides is 2. The van der Waals surface area contributed by atoms with Crippen molar-refractivity contribution >= 4 is 17.6 Å². The molecule has 3 rings (SSSR count). The maximum absolute atomic E-state index is 12.4. The molecule has 0 aliphatic carbocycles. The van der Waals surface area contributed by atoms with Crippen LogP contribution in [0.25, 0.3) is 0 Å². The van der Waals surface area contributed by atoms with Crippen LogP contribution >= 0.6 is 0 Å². The Kier molecular flexibility index (Phi) is 4.62. The number of pyridine rings is 1. The summed E-state index contributed by atoms with van der Waals surface area (Å²) in [6.45, 7) is 2.99. The Morgan fingerprint density at radius 3 is 2.83 bits per heavy atom. The minimum atomic E-state index is -0.462. The number of nitrogens with two attached hydrogens (primary N) is 1. The van der Waals surface area contributed by atoms with Crippen LogP contribution in [-0.4, -0.2) is 65.5 Å². The third-order valence-electron chi connectivity index (χ3n) is 4.52. The van der Waals surface area contributed by atoms with Gasteiger partial charge in [0, 0.05) is 25.8 Å². The number of carbonyl (C=O) groups excluding carboxylic acids is 2. The van der Waals surface area contributed by atoms with E-state index in [4.69, 9.17) is 11.0 Å². The molecule has 0 aromatic carbocycles. The third-order valence-corrected chi connectivity index (χ3v) is 4.52. The van der Waals surface area contributed by atoms with Crippen molar-refractivity contribution in [1.29, 1.82) is 5.26 Å². The molecule has 0 radical (unpaired) electrons. The molecule has 24 heavy (non-hydrogen) atoms. The molecule has 0 spiro atoms. The molecular weight excluding hydrogens is 308 g/mol. The highest BCUT2D eigenvalue weighted by molar-refractivity contribution is 5.88. The van der Waals surface area contributed by atoms with E-state index in [1.54, 1.807) is 17.2 Å². The van der Waals surface area contributed by atoms with Gasteiger partial charge in [-0.05, 0) is 25.0 Å². The van der Waals surface area contributed by atoms with Gasteiger partial charge in [0.2, 0.25) is 11.8 Å². The molecular formula is C16H20N6O2. The van der Waals surface area contributed by atoms with Crippen LogP contribution in [0.3, 0.4) is 0 Å². The Labute approximate surface area is 140 Å². The lowest BCUT2D eigenvalue weighted by Crippen LogP contribution is -2.47. The molecule has 0 unspecified atom stereocenters. The molecule has 2 amide bonds. The van der Waals surface area contributed by atoms with E-state index < -0.39 is 11.9 Å². The molecule has 0 saturated carbocycles. The fraction of sp³-hybridized carbons (Fsp3) is 0.500. The molecule has 1 atom stereocenters. The van der Waals surface area contributed by atoms with E-state index >= 15 is 0 Å². The first-order valence-electron chi connectivity index (χ1n) is 8.00. The zero-order chi connectivity index (χ0) is 17.1. The summed E-state index contributed by atoms with van der Waals surface area (Å²) in [4.78, 5) is 33.8. The van der Waals surface area contributed by atoms with Gasteiger partial charge in [0.15, 0.2) is 0 Å². The fourth-order valence-corrected chi connectivity index (χ4v) is 3.24. The number of nitrogens with zero attached hydrogens (tertiary/aromatic N) is 5. The standard InChI is InChI=1S/C16H20N6O2/c17-8-12-3-4-14(19-9-12)21-7-6-20(11-21)10-15(23)22-5-1-2-13(22)16(18)24/h3-4,9,13H,1-2,5-7,10-11H2,(H2,18,24)/t13-/m0/s1. The van der Waals surface area contributed by atoms with Crippen molar-refractivity contribution in [3.8, 4) is 6.07 Å². The second-order valence-electron chi connectivity index (χ2n) is 6.12. The average molecular weight is 328 g/mol. The summed E-state index contributed by atoms with van der Waals surface area (Å²) in [6.07, 6.45) is 3.02. The molecule has 126 valence electrons. The molecule has 1 aromatic heterocycles. The predicted octanol–water partition coefficient (Wildman–Crippen LogP) is -0.491. The average Bonchev–Trinajstić information content (AvgIpc) is 3.24. The van der Waals surface area contributed by atoms with Crippen molar-refractivity contribution in [3.05, 3.63) is 23.9 Å². The van der Waals surface area contributed by atoms with Crippen LogP contribution in [0.5, 0.6) is 0 Å². The summed E-state index contributed by atoms with van der Waals surface area (Å²) in [6, 6.07) is 5.13. The van der Waals surface area contributed by atoms with Gasteiger partial charge in [0.1, 0.15) is 17.9 Å². The lowest BCUT2D eigenvalue weighted by atomic mass is 10.2. The monoisotopic (exact) mass is 328 g/mol. The number of primary amides is 1. The van der Waals surface area contributed by atoms with Crippen molar-refractivity contribution < 1.29 is 9.59 Å². The molecule has 2 saturated heterocycles. The number of hydrogen-bond donors (Lipinski definition) is 1. The first-order chi connectivity index (χ1) is 11.6. The highest BCUT2D eigenvalue weighted by Gasteiger charge is 2.34. The van der Waals surface area contributed by atoms with E-state index in [0.717, 1.165) is 25.3 Å². The Balaban J connectivity index is 1.57. The molecule has 3 heterocycles. The van der Waals surface area contributed by atoms with E-state index in [-0.39, 0.29) is 12.5 Å². The number of likely N-dealkylation sites (tertiary alicyclic amines) is 1. The predicted molar refractivity (Wildman–Crippen MR) is 86.7 cm³/mol. The highest BCUT2D eigenvalue weighted by atomic mass is 16.2. The number of rotatable bonds is 4. The lowest BCUT2D eigenvalue weighted by Gasteiger charge is -2.25. The van der Waals surface area contributed by atoms with Crippen molar-refractivity contribution in [2.75, 3.05) is 37.7 Å². The Morgan fingerprint density at radius 1 is 1.33 bits per heavy atom. The van der Waals surface area contributed by atoms with Crippen molar-refractivity contribution in [2.24, 2.45) is 5.73 Å². The zero-order valence-electron chi connectivity index (χ0n) is 13.4. The van der Waals surface area contributed by atoms with Crippen molar-refractivity contribution in [2.45, 2.75) is 18.9 Å². The van der Waals surface area contributed by atoms with E-state index in [2.05, 4.69) is 9.88 Å². The second-order valence-corrected chi connectivity index (χ2v) is 6.12. The molecule has 2 aliphatic heterocycles. The quantitative estimate of drug-likeness (QED) is 0.799. The summed E-state index contributed by atoms with van der Waals surface area (Å²) >= 11 is 0. The van der Waals surface area contributed by atoms with Gasteiger partial charge in [-0.2, -0.15) is 5.26 Å². The molecule has 8 heteroatoms. The van der Waals surface area contributed by atoms with Crippen LogP contribution < -0.4 is 10.6 Å². The van der Waals surface area contributed by atoms with Crippen LogP contribution in [0.15, 0.2) is 18.3 Å². The normalized spacial score (nSPS) is 21.0.